The van der Waals surface area contributed by atoms with Gasteiger partial charge in [0.05, 0.1) is 0 Å². The van der Waals surface area contributed by atoms with Gasteiger partial charge in [0, 0.05) is 23.4 Å². The molecule has 3 unspecified atom stereocenters. The van der Waals surface area contributed by atoms with Crippen LogP contribution in [0.15, 0.2) is 60.7 Å². The van der Waals surface area contributed by atoms with Crippen molar-refractivity contribution in [3.63, 3.8) is 0 Å². The predicted molar refractivity (Wildman–Crippen MR) is 135 cm³/mol. The fourth-order valence-electron chi connectivity index (χ4n) is 3.65. The van der Waals surface area contributed by atoms with E-state index in [-0.39, 0.29) is 16.0 Å². The van der Waals surface area contributed by atoms with Gasteiger partial charge in [-0.3, -0.25) is 19.2 Å². The molecular formula is C25H26N2O6S2. The lowest BCUT2D eigenvalue weighted by molar-refractivity contribution is -0.149. The van der Waals surface area contributed by atoms with E-state index in [1.54, 1.807) is 60.7 Å². The Morgan fingerprint density at radius 1 is 0.971 bits per heavy atom. The fourth-order valence-corrected chi connectivity index (χ4v) is 5.59. The molecule has 10 heteroatoms. The van der Waals surface area contributed by atoms with Gasteiger partial charge in [0.15, 0.2) is 0 Å². The van der Waals surface area contributed by atoms with Crippen LogP contribution < -0.4 is 5.32 Å². The second-order valence-corrected chi connectivity index (χ2v) is 10.2. The predicted octanol–water partition coefficient (Wildman–Crippen LogP) is 3.08. The Bertz CT molecular complexity index is 1080. The Balaban J connectivity index is 1.69. The van der Waals surface area contributed by atoms with Crippen LogP contribution in [0, 0.1) is 0 Å². The molecular weight excluding hydrogens is 488 g/mol. The van der Waals surface area contributed by atoms with E-state index in [0.29, 0.717) is 30.5 Å². The second-order valence-electron chi connectivity index (χ2n) is 7.98. The first-order valence-electron chi connectivity index (χ1n) is 11.1. The Hall–Kier alpha value is -3.11. The van der Waals surface area contributed by atoms with Crippen LogP contribution >= 0.6 is 23.5 Å². The molecule has 3 atom stereocenters. The highest BCUT2D eigenvalue weighted by molar-refractivity contribution is 8.18. The standard InChI is InChI=1S/C25H26N2O6S2/c1-16(22(29)27-14-8-13-19(27)23(30)31)26-21(28)20(35-25(33)18-11-6-3-7-12-18)15-34-24(32)17-9-4-2-5-10-17/h2-7,9-12,16,19-20H,8,13-15H2,1H3,(H,26,28)(H,30,31). The molecule has 0 aromatic heterocycles. The second kappa shape index (κ2) is 12.6. The highest BCUT2D eigenvalue weighted by Crippen LogP contribution is 2.24. The Morgan fingerprint density at radius 2 is 1.54 bits per heavy atom. The first-order chi connectivity index (χ1) is 16.8. The molecule has 3 rings (SSSR count). The number of carboxylic acid groups (broad SMARTS) is 1. The average molecular weight is 515 g/mol. The SMILES string of the molecule is CC(NC(=O)C(CSC(=O)c1ccccc1)SC(=O)c1ccccc1)C(=O)N1CCCC1C(=O)O. The molecule has 1 aliphatic rings. The summed E-state index contributed by atoms with van der Waals surface area (Å²) in [5.74, 6) is -2.12. The summed E-state index contributed by atoms with van der Waals surface area (Å²) in [4.78, 5) is 64.0. The quantitative estimate of drug-likeness (QED) is 0.524. The summed E-state index contributed by atoms with van der Waals surface area (Å²) < 4.78 is 0. The van der Waals surface area contributed by atoms with Gasteiger partial charge in [-0.05, 0) is 19.8 Å². The zero-order valence-corrected chi connectivity index (χ0v) is 20.7. The molecule has 1 fully saturated rings. The zero-order valence-electron chi connectivity index (χ0n) is 19.1. The third-order valence-corrected chi connectivity index (χ3v) is 7.80. The molecule has 35 heavy (non-hydrogen) atoms. The van der Waals surface area contributed by atoms with Gasteiger partial charge >= 0.3 is 5.97 Å². The van der Waals surface area contributed by atoms with Crippen molar-refractivity contribution in [2.45, 2.75) is 37.1 Å². The van der Waals surface area contributed by atoms with Gasteiger partial charge in [-0.15, -0.1) is 0 Å². The number of carbonyl (C=O) groups excluding carboxylic acids is 4. The van der Waals surface area contributed by atoms with Crippen molar-refractivity contribution in [3.8, 4) is 0 Å². The number of nitrogens with one attached hydrogen (secondary N) is 1. The van der Waals surface area contributed by atoms with Crippen LogP contribution in [0.3, 0.4) is 0 Å². The van der Waals surface area contributed by atoms with Crippen molar-refractivity contribution < 1.29 is 29.1 Å². The van der Waals surface area contributed by atoms with E-state index in [4.69, 9.17) is 0 Å². The number of likely N-dealkylation sites (tertiary alicyclic amines) is 1. The third kappa shape index (κ3) is 7.19. The monoisotopic (exact) mass is 514 g/mol. The molecule has 2 N–H and O–H groups in total. The number of hydrogen-bond donors (Lipinski definition) is 2. The largest absolute Gasteiger partial charge is 0.480 e. The van der Waals surface area contributed by atoms with E-state index in [1.165, 1.54) is 11.8 Å². The summed E-state index contributed by atoms with van der Waals surface area (Å²) in [5, 5.41) is 10.5. The Morgan fingerprint density at radius 3 is 2.11 bits per heavy atom. The van der Waals surface area contributed by atoms with E-state index in [2.05, 4.69) is 5.32 Å². The molecule has 8 nitrogen and oxygen atoms in total. The lowest BCUT2D eigenvalue weighted by atomic mass is 10.2. The van der Waals surface area contributed by atoms with E-state index in [1.807, 2.05) is 0 Å². The van der Waals surface area contributed by atoms with Gasteiger partial charge in [-0.2, -0.15) is 0 Å². The average Bonchev–Trinajstić information content (AvgIpc) is 3.37. The van der Waals surface area contributed by atoms with Crippen LogP contribution in [0.4, 0.5) is 0 Å². The minimum Gasteiger partial charge on any atom is -0.480 e. The van der Waals surface area contributed by atoms with Crippen molar-refractivity contribution in [1.29, 1.82) is 0 Å². The molecule has 1 saturated heterocycles. The summed E-state index contributed by atoms with van der Waals surface area (Å²) in [6.45, 7) is 1.79. The van der Waals surface area contributed by atoms with Crippen molar-refractivity contribution in [3.05, 3.63) is 71.8 Å². The molecule has 2 aromatic carbocycles. The van der Waals surface area contributed by atoms with Crippen molar-refractivity contribution >= 4 is 51.5 Å². The van der Waals surface area contributed by atoms with Crippen LogP contribution in [0.1, 0.15) is 40.5 Å². The van der Waals surface area contributed by atoms with Gasteiger partial charge in [-0.25, -0.2) is 4.79 Å². The van der Waals surface area contributed by atoms with E-state index in [9.17, 15) is 29.1 Å². The topological polar surface area (TPSA) is 121 Å². The molecule has 184 valence electrons. The highest BCUT2D eigenvalue weighted by atomic mass is 32.2. The Kier molecular flexibility index (Phi) is 9.50. The van der Waals surface area contributed by atoms with Gasteiger partial charge in [0.2, 0.25) is 22.0 Å². The molecule has 0 aliphatic carbocycles. The number of thioether (sulfide) groups is 2. The summed E-state index contributed by atoms with van der Waals surface area (Å²) >= 11 is 1.71. The maximum atomic E-state index is 13.1. The maximum Gasteiger partial charge on any atom is 0.326 e. The summed E-state index contributed by atoms with van der Waals surface area (Å²) in [6, 6.07) is 15.2. The van der Waals surface area contributed by atoms with Gasteiger partial charge in [0.25, 0.3) is 0 Å². The van der Waals surface area contributed by atoms with E-state index >= 15 is 0 Å². The number of aliphatic carboxylic acids is 1. The summed E-state index contributed by atoms with van der Waals surface area (Å²) in [5.41, 5.74) is 0.897. The molecule has 2 amide bonds. The van der Waals surface area contributed by atoms with Crippen LogP contribution in [-0.2, 0) is 14.4 Å². The highest BCUT2D eigenvalue weighted by Gasteiger charge is 2.37. The molecule has 1 aliphatic heterocycles. The number of amides is 2. The molecule has 0 saturated carbocycles. The van der Waals surface area contributed by atoms with E-state index < -0.39 is 35.1 Å². The fraction of sp³-hybridized carbons (Fsp3) is 0.320. The molecule has 0 spiro atoms. The number of hydrogen-bond acceptors (Lipinski definition) is 7. The zero-order chi connectivity index (χ0) is 25.4. The first-order valence-corrected chi connectivity index (χ1v) is 13.0. The number of carbonyl (C=O) groups is 5. The molecule has 2 aromatic rings. The normalized spacial score (nSPS) is 16.8. The van der Waals surface area contributed by atoms with E-state index in [0.717, 1.165) is 23.5 Å². The van der Waals surface area contributed by atoms with Gasteiger partial charge in [-0.1, -0.05) is 84.2 Å². The third-order valence-electron chi connectivity index (χ3n) is 5.48. The lowest BCUT2D eigenvalue weighted by Crippen LogP contribution is -2.52. The lowest BCUT2D eigenvalue weighted by Gasteiger charge is -2.26. The number of benzene rings is 2. The molecule has 1 heterocycles. The van der Waals surface area contributed by atoms with Crippen LogP contribution in [0.5, 0.6) is 0 Å². The van der Waals surface area contributed by atoms with Crippen LogP contribution in [-0.4, -0.2) is 67.7 Å². The van der Waals surface area contributed by atoms with Gasteiger partial charge < -0.3 is 15.3 Å². The number of carboxylic acids is 1. The first kappa shape index (κ1) is 26.5. The van der Waals surface area contributed by atoms with Gasteiger partial charge in [0.1, 0.15) is 17.3 Å². The summed E-state index contributed by atoms with van der Waals surface area (Å²) in [6.07, 6.45) is 0.940. The Labute approximate surface area is 211 Å². The van der Waals surface area contributed by atoms with Crippen LogP contribution in [0.25, 0.3) is 0 Å². The minimum absolute atomic E-state index is 0.0190. The van der Waals surface area contributed by atoms with Crippen molar-refractivity contribution in [2.75, 3.05) is 12.3 Å². The minimum atomic E-state index is -1.08. The van der Waals surface area contributed by atoms with Crippen LogP contribution in [0.2, 0.25) is 0 Å². The van der Waals surface area contributed by atoms with Crippen molar-refractivity contribution in [2.24, 2.45) is 0 Å². The number of rotatable bonds is 9. The molecule has 0 radical (unpaired) electrons. The smallest absolute Gasteiger partial charge is 0.326 e. The number of nitrogens with zero attached hydrogens (tertiary/aromatic N) is 1. The summed E-state index contributed by atoms with van der Waals surface area (Å²) in [7, 11) is 0. The van der Waals surface area contributed by atoms with Crippen molar-refractivity contribution in [1.82, 2.24) is 10.2 Å². The maximum absolute atomic E-state index is 13.1. The molecule has 0 bridgehead atoms.